The first-order chi connectivity index (χ1) is 9.84. The van der Waals surface area contributed by atoms with E-state index in [2.05, 4.69) is 47.5 Å². The highest BCUT2D eigenvalue weighted by Crippen LogP contribution is 2.60. The van der Waals surface area contributed by atoms with E-state index in [1.54, 1.807) is 11.1 Å². The molecule has 2 saturated heterocycles. The van der Waals surface area contributed by atoms with Gasteiger partial charge in [-0.05, 0) is 56.8 Å². The van der Waals surface area contributed by atoms with Gasteiger partial charge in [0, 0.05) is 23.2 Å². The van der Waals surface area contributed by atoms with Gasteiger partial charge in [-0.1, -0.05) is 29.8 Å². The first-order valence-corrected chi connectivity index (χ1v) is 8.11. The van der Waals surface area contributed by atoms with Gasteiger partial charge in [-0.2, -0.15) is 0 Å². The molecule has 2 heteroatoms. The molecular formula is C18H22N2. The highest BCUT2D eigenvalue weighted by molar-refractivity contribution is 5.65. The van der Waals surface area contributed by atoms with E-state index < -0.39 is 0 Å². The number of fused-ring (bicyclic) bond motifs is 2. The third-order valence-electron chi connectivity index (χ3n) is 6.45. The molecule has 3 aliphatic heterocycles. The summed E-state index contributed by atoms with van der Waals surface area (Å²) < 4.78 is 0. The van der Waals surface area contributed by atoms with Crippen LogP contribution in [-0.2, 0) is 5.41 Å². The Bertz CT molecular complexity index is 605. The van der Waals surface area contributed by atoms with Crippen LogP contribution in [0, 0.1) is 5.92 Å². The first-order valence-electron chi connectivity index (χ1n) is 8.11. The van der Waals surface area contributed by atoms with Crippen LogP contribution in [0.2, 0.25) is 0 Å². The molecule has 1 N–H and O–H groups in total. The summed E-state index contributed by atoms with van der Waals surface area (Å²) in [5.74, 6) is 0.819. The van der Waals surface area contributed by atoms with Crippen LogP contribution in [0.25, 0.3) is 0 Å². The molecule has 3 fully saturated rings. The molecule has 1 aromatic rings. The van der Waals surface area contributed by atoms with E-state index in [0.717, 1.165) is 5.92 Å². The van der Waals surface area contributed by atoms with Crippen molar-refractivity contribution in [2.75, 3.05) is 18.4 Å². The molecule has 1 aliphatic carbocycles. The van der Waals surface area contributed by atoms with E-state index in [1.165, 1.54) is 38.0 Å². The van der Waals surface area contributed by atoms with Crippen LogP contribution in [0.1, 0.15) is 31.7 Å². The summed E-state index contributed by atoms with van der Waals surface area (Å²) in [6.45, 7) is 4.84. The van der Waals surface area contributed by atoms with Gasteiger partial charge in [0.1, 0.15) is 0 Å². The lowest BCUT2D eigenvalue weighted by Gasteiger charge is -2.52. The van der Waals surface area contributed by atoms with Crippen molar-refractivity contribution in [1.29, 1.82) is 0 Å². The fourth-order valence-corrected chi connectivity index (χ4v) is 5.75. The summed E-state index contributed by atoms with van der Waals surface area (Å²) in [5.41, 5.74) is 5.10. The third kappa shape index (κ3) is 1.12. The van der Waals surface area contributed by atoms with E-state index in [-0.39, 0.29) is 0 Å². The molecule has 1 saturated carbocycles. The fourth-order valence-electron chi connectivity index (χ4n) is 5.75. The summed E-state index contributed by atoms with van der Waals surface area (Å²) in [5, 5.41) is 3.87. The van der Waals surface area contributed by atoms with Crippen molar-refractivity contribution in [3.8, 4) is 0 Å². The topological polar surface area (TPSA) is 15.3 Å². The number of hydrogen-bond acceptors (Lipinski definition) is 2. The number of nitrogens with one attached hydrogen (secondary N) is 1. The summed E-state index contributed by atoms with van der Waals surface area (Å²) in [6, 6.07) is 10.4. The average Bonchev–Trinajstić information content (AvgIpc) is 3.03. The van der Waals surface area contributed by atoms with Crippen LogP contribution in [0.5, 0.6) is 0 Å². The van der Waals surface area contributed by atoms with E-state index in [0.29, 0.717) is 17.5 Å². The Morgan fingerprint density at radius 1 is 1.30 bits per heavy atom. The first kappa shape index (κ1) is 11.4. The maximum absolute atomic E-state index is 3.87. The zero-order valence-corrected chi connectivity index (χ0v) is 12.1. The standard InChI is InChI=1S/C18H22N2/c1-2-13-12-7-9-20-10-8-18(17(13)20)14-5-3-4-6-15(14)19-16(18)11-12/h2-6,12,16-17,19H,7-11H2,1H3/t12-,16+,17-,18-/m1/s1. The van der Waals surface area contributed by atoms with Crippen LogP contribution < -0.4 is 5.32 Å². The third-order valence-corrected chi connectivity index (χ3v) is 6.45. The summed E-state index contributed by atoms with van der Waals surface area (Å²) in [4.78, 5) is 2.77. The van der Waals surface area contributed by atoms with E-state index in [9.17, 15) is 0 Å². The van der Waals surface area contributed by atoms with Crippen LogP contribution in [0.3, 0.4) is 0 Å². The Morgan fingerprint density at radius 3 is 3.10 bits per heavy atom. The molecule has 4 aliphatic rings. The Kier molecular flexibility index (Phi) is 2.09. The molecule has 3 heterocycles. The SMILES string of the molecule is CC=C1[C@@H]2CCN3CC[C@]4(c5ccccc5N[C@H]4C2)[C@@H]13. The van der Waals surface area contributed by atoms with Gasteiger partial charge in [-0.3, -0.25) is 4.90 Å². The van der Waals surface area contributed by atoms with Crippen molar-refractivity contribution >= 4 is 5.69 Å². The molecule has 0 unspecified atom stereocenters. The van der Waals surface area contributed by atoms with E-state index in [1.807, 2.05) is 0 Å². The van der Waals surface area contributed by atoms with Gasteiger partial charge in [0.05, 0.1) is 0 Å². The molecule has 2 nitrogen and oxygen atoms in total. The number of piperidine rings is 1. The van der Waals surface area contributed by atoms with Crippen molar-refractivity contribution < 1.29 is 0 Å². The lowest BCUT2D eigenvalue weighted by atomic mass is 9.58. The monoisotopic (exact) mass is 266 g/mol. The lowest BCUT2D eigenvalue weighted by molar-refractivity contribution is 0.124. The summed E-state index contributed by atoms with van der Waals surface area (Å²) in [7, 11) is 0. The predicted molar refractivity (Wildman–Crippen MR) is 82.0 cm³/mol. The Morgan fingerprint density at radius 2 is 2.20 bits per heavy atom. The summed E-state index contributed by atoms with van der Waals surface area (Å²) >= 11 is 0. The molecular weight excluding hydrogens is 244 g/mol. The minimum absolute atomic E-state index is 0.357. The molecule has 2 bridgehead atoms. The quantitative estimate of drug-likeness (QED) is 0.726. The van der Waals surface area contributed by atoms with Crippen molar-refractivity contribution in [3.63, 3.8) is 0 Å². The van der Waals surface area contributed by atoms with Gasteiger partial charge in [0.2, 0.25) is 0 Å². The second-order valence-electron chi connectivity index (χ2n) is 6.98. The van der Waals surface area contributed by atoms with Crippen LogP contribution >= 0.6 is 0 Å². The zero-order chi connectivity index (χ0) is 13.3. The number of benzene rings is 1. The second kappa shape index (κ2) is 3.67. The number of para-hydroxylation sites is 1. The maximum atomic E-state index is 3.87. The highest BCUT2D eigenvalue weighted by atomic mass is 15.2. The van der Waals surface area contributed by atoms with Crippen molar-refractivity contribution in [3.05, 3.63) is 41.5 Å². The van der Waals surface area contributed by atoms with Gasteiger partial charge >= 0.3 is 0 Å². The number of anilines is 1. The molecule has 1 spiro atoms. The Hall–Kier alpha value is -1.28. The molecule has 1 aromatic carbocycles. The Labute approximate surface area is 120 Å². The number of rotatable bonds is 0. The molecule has 20 heavy (non-hydrogen) atoms. The fraction of sp³-hybridized carbons (Fsp3) is 0.556. The second-order valence-corrected chi connectivity index (χ2v) is 6.98. The summed E-state index contributed by atoms with van der Waals surface area (Å²) in [6.07, 6.45) is 6.46. The van der Waals surface area contributed by atoms with Gasteiger partial charge in [0.15, 0.2) is 0 Å². The molecule has 5 rings (SSSR count). The van der Waals surface area contributed by atoms with Crippen molar-refractivity contribution in [2.45, 2.75) is 43.7 Å². The zero-order valence-electron chi connectivity index (χ0n) is 12.1. The number of hydrogen-bond donors (Lipinski definition) is 1. The predicted octanol–water partition coefficient (Wildman–Crippen LogP) is 3.16. The minimum Gasteiger partial charge on any atom is -0.381 e. The largest absolute Gasteiger partial charge is 0.381 e. The molecule has 4 atom stereocenters. The molecule has 0 aromatic heterocycles. The molecule has 0 amide bonds. The van der Waals surface area contributed by atoms with Crippen LogP contribution in [0.4, 0.5) is 5.69 Å². The molecule has 0 radical (unpaired) electrons. The maximum Gasteiger partial charge on any atom is 0.0428 e. The van der Waals surface area contributed by atoms with Gasteiger partial charge < -0.3 is 5.32 Å². The smallest absolute Gasteiger partial charge is 0.0428 e. The highest BCUT2D eigenvalue weighted by Gasteiger charge is 2.62. The van der Waals surface area contributed by atoms with Crippen molar-refractivity contribution in [2.24, 2.45) is 5.92 Å². The van der Waals surface area contributed by atoms with Crippen molar-refractivity contribution in [1.82, 2.24) is 4.90 Å². The van der Waals surface area contributed by atoms with Crippen LogP contribution in [0.15, 0.2) is 35.9 Å². The van der Waals surface area contributed by atoms with E-state index in [4.69, 9.17) is 0 Å². The van der Waals surface area contributed by atoms with Gasteiger partial charge in [-0.15, -0.1) is 0 Å². The minimum atomic E-state index is 0.357. The number of allylic oxidation sites excluding steroid dienone is 1. The van der Waals surface area contributed by atoms with Gasteiger partial charge in [-0.25, -0.2) is 0 Å². The normalized spacial score (nSPS) is 43.2. The van der Waals surface area contributed by atoms with Crippen LogP contribution in [-0.4, -0.2) is 30.1 Å². The van der Waals surface area contributed by atoms with E-state index >= 15 is 0 Å². The Balaban J connectivity index is 1.76. The molecule has 104 valence electrons. The van der Waals surface area contributed by atoms with Gasteiger partial charge in [0.25, 0.3) is 0 Å². The number of nitrogens with zero attached hydrogens (tertiary/aromatic N) is 1. The average molecular weight is 266 g/mol. The lowest BCUT2D eigenvalue weighted by Crippen LogP contribution is -2.58.